The van der Waals surface area contributed by atoms with Crippen LogP contribution in [-0.2, 0) is 10.2 Å². The van der Waals surface area contributed by atoms with E-state index in [4.69, 9.17) is 5.21 Å². The number of para-hydroxylation sites is 3. The number of nitrogens with zero attached hydrogens (tertiary/aromatic N) is 3. The van der Waals surface area contributed by atoms with Gasteiger partial charge in [0.05, 0.1) is 23.1 Å². The fourth-order valence-corrected chi connectivity index (χ4v) is 4.60. The predicted octanol–water partition coefficient (Wildman–Crippen LogP) is 2.33. The highest BCUT2D eigenvalue weighted by atomic mass is 32.2. The minimum absolute atomic E-state index is 0.215. The third-order valence-electron chi connectivity index (χ3n) is 4.01. The number of benzene rings is 2. The molecule has 2 aromatic carbocycles. The second-order valence-electron chi connectivity index (χ2n) is 5.60. The molecule has 0 amide bonds. The molecule has 0 fully saturated rings. The molecular formula is C17H20N4O3S. The van der Waals surface area contributed by atoms with Crippen molar-refractivity contribution in [1.82, 2.24) is 5.48 Å². The molecule has 25 heavy (non-hydrogen) atoms. The summed E-state index contributed by atoms with van der Waals surface area (Å²) in [4.78, 5) is 3.87. The summed E-state index contributed by atoms with van der Waals surface area (Å²) in [5.74, 6) is 0. The van der Waals surface area contributed by atoms with Crippen LogP contribution in [0.3, 0.4) is 0 Å². The van der Waals surface area contributed by atoms with Gasteiger partial charge in [-0.15, -0.1) is 0 Å². The van der Waals surface area contributed by atoms with Crippen molar-refractivity contribution >= 4 is 33.5 Å². The van der Waals surface area contributed by atoms with Gasteiger partial charge in [-0.1, -0.05) is 30.3 Å². The first-order valence-corrected chi connectivity index (χ1v) is 9.28. The van der Waals surface area contributed by atoms with E-state index in [0.717, 1.165) is 0 Å². The van der Waals surface area contributed by atoms with Crippen LogP contribution in [0.5, 0.6) is 0 Å². The Morgan fingerprint density at radius 1 is 1.12 bits per heavy atom. The molecule has 0 saturated heterocycles. The minimum Gasteiger partial charge on any atom is -0.316 e. The van der Waals surface area contributed by atoms with E-state index >= 15 is 0 Å². The number of aliphatic imine (C=N–C) groups is 1. The van der Waals surface area contributed by atoms with Crippen LogP contribution in [0.15, 0.2) is 59.6 Å². The molecular weight excluding hydrogens is 340 g/mol. The summed E-state index contributed by atoms with van der Waals surface area (Å²) in [7, 11) is -2.15. The number of fused-ring (bicyclic) bond motifs is 1. The molecule has 0 radical (unpaired) electrons. The highest BCUT2D eigenvalue weighted by Gasteiger charge is 2.40. The topological polar surface area (TPSA) is 85.2 Å². The van der Waals surface area contributed by atoms with E-state index in [9.17, 15) is 8.42 Å². The van der Waals surface area contributed by atoms with Crippen molar-refractivity contribution in [2.75, 3.05) is 22.2 Å². The average Bonchev–Trinajstić information content (AvgIpc) is 2.85. The number of hydroxylamine groups is 1. The second-order valence-corrected chi connectivity index (χ2v) is 7.30. The van der Waals surface area contributed by atoms with Crippen molar-refractivity contribution in [3.8, 4) is 0 Å². The molecule has 132 valence electrons. The zero-order chi connectivity index (χ0) is 17.9. The van der Waals surface area contributed by atoms with Crippen molar-refractivity contribution in [2.45, 2.75) is 12.5 Å². The van der Waals surface area contributed by atoms with E-state index < -0.39 is 16.3 Å². The molecule has 0 aromatic heterocycles. The summed E-state index contributed by atoms with van der Waals surface area (Å²) in [6.45, 7) is 0.215. The Balaban J connectivity index is 1.97. The Hall–Kier alpha value is -2.42. The highest BCUT2D eigenvalue weighted by molar-refractivity contribution is 7.95. The van der Waals surface area contributed by atoms with Gasteiger partial charge < -0.3 is 5.21 Å². The molecule has 8 heteroatoms. The van der Waals surface area contributed by atoms with Crippen LogP contribution < -0.4 is 14.1 Å². The number of hydrogen-bond donors (Lipinski definition) is 2. The fraction of sp³-hybridized carbons (Fsp3) is 0.235. The molecule has 0 saturated carbocycles. The van der Waals surface area contributed by atoms with Crippen molar-refractivity contribution in [2.24, 2.45) is 4.99 Å². The third kappa shape index (κ3) is 3.23. The van der Waals surface area contributed by atoms with Gasteiger partial charge >= 0.3 is 10.2 Å². The average molecular weight is 360 g/mol. The maximum Gasteiger partial charge on any atom is 0.330 e. The summed E-state index contributed by atoms with van der Waals surface area (Å²) in [5, 5.41) is 9.17. The molecule has 1 unspecified atom stereocenters. The van der Waals surface area contributed by atoms with Crippen molar-refractivity contribution in [3.05, 3.63) is 54.6 Å². The van der Waals surface area contributed by atoms with Crippen LogP contribution in [0.1, 0.15) is 6.42 Å². The van der Waals surface area contributed by atoms with Crippen LogP contribution in [0.4, 0.5) is 17.1 Å². The second kappa shape index (κ2) is 7.22. The lowest BCUT2D eigenvalue weighted by atomic mass is 10.2. The van der Waals surface area contributed by atoms with Gasteiger partial charge in [-0.05, 0) is 30.7 Å². The van der Waals surface area contributed by atoms with Gasteiger partial charge in [0.2, 0.25) is 0 Å². The Bertz CT molecular complexity index is 855. The SMILES string of the molecule is CN=CC(CCN1c2ccccc2N(c2ccccc2)S1(=O)=O)NO. The Morgan fingerprint density at radius 2 is 1.76 bits per heavy atom. The molecule has 0 bridgehead atoms. The van der Waals surface area contributed by atoms with E-state index in [1.807, 2.05) is 18.2 Å². The fourth-order valence-electron chi connectivity index (χ4n) is 2.87. The summed E-state index contributed by atoms with van der Waals surface area (Å²) < 4.78 is 29.0. The van der Waals surface area contributed by atoms with Crippen LogP contribution in [0, 0.1) is 0 Å². The molecule has 7 nitrogen and oxygen atoms in total. The Labute approximate surface area is 147 Å². The first-order chi connectivity index (χ1) is 12.1. The van der Waals surface area contributed by atoms with Crippen molar-refractivity contribution in [3.63, 3.8) is 0 Å². The summed E-state index contributed by atoms with van der Waals surface area (Å²) in [6, 6.07) is 15.8. The molecule has 0 spiro atoms. The van der Waals surface area contributed by atoms with E-state index in [0.29, 0.717) is 23.5 Å². The van der Waals surface area contributed by atoms with Crippen LogP contribution in [-0.4, -0.2) is 39.5 Å². The van der Waals surface area contributed by atoms with E-state index in [1.165, 1.54) is 8.61 Å². The first-order valence-electron chi connectivity index (χ1n) is 7.88. The van der Waals surface area contributed by atoms with E-state index in [-0.39, 0.29) is 6.54 Å². The number of anilines is 3. The standard InChI is InChI=1S/C17H20N4O3S/c1-18-13-14(19-22)11-12-20-16-9-5-6-10-17(16)21(25(20,23)24)15-7-3-2-4-8-15/h2-10,13-14,19,22H,11-12H2,1H3. The summed E-state index contributed by atoms with van der Waals surface area (Å²) in [6.07, 6.45) is 1.92. The quantitative estimate of drug-likeness (QED) is 0.612. The van der Waals surface area contributed by atoms with Gasteiger partial charge in [0.1, 0.15) is 0 Å². The molecule has 2 aromatic rings. The molecule has 3 rings (SSSR count). The van der Waals surface area contributed by atoms with Crippen LogP contribution >= 0.6 is 0 Å². The highest BCUT2D eigenvalue weighted by Crippen LogP contribution is 2.44. The largest absolute Gasteiger partial charge is 0.330 e. The van der Waals surface area contributed by atoms with Crippen molar-refractivity contribution in [1.29, 1.82) is 0 Å². The van der Waals surface area contributed by atoms with Gasteiger partial charge in [-0.2, -0.15) is 13.9 Å². The summed E-state index contributed by atoms with van der Waals surface area (Å²) >= 11 is 0. The molecule has 0 aliphatic carbocycles. The van der Waals surface area contributed by atoms with Gasteiger partial charge in [0, 0.05) is 19.8 Å². The lowest BCUT2D eigenvalue weighted by Crippen LogP contribution is -2.39. The number of rotatable bonds is 6. The first kappa shape index (κ1) is 17.4. The monoisotopic (exact) mass is 360 g/mol. The van der Waals surface area contributed by atoms with Gasteiger partial charge in [0.15, 0.2) is 0 Å². The maximum absolute atomic E-state index is 13.1. The van der Waals surface area contributed by atoms with Gasteiger partial charge in [0.25, 0.3) is 0 Å². The molecule has 1 heterocycles. The van der Waals surface area contributed by atoms with Crippen LogP contribution in [0.25, 0.3) is 0 Å². The zero-order valence-electron chi connectivity index (χ0n) is 13.8. The lowest BCUT2D eigenvalue weighted by molar-refractivity contribution is 0.149. The van der Waals surface area contributed by atoms with E-state index in [2.05, 4.69) is 10.5 Å². The smallest absolute Gasteiger partial charge is 0.316 e. The zero-order valence-corrected chi connectivity index (χ0v) is 14.6. The molecule has 1 aliphatic rings. The predicted molar refractivity (Wildman–Crippen MR) is 99.0 cm³/mol. The van der Waals surface area contributed by atoms with E-state index in [1.54, 1.807) is 49.7 Å². The summed E-state index contributed by atoms with van der Waals surface area (Å²) in [5.41, 5.74) is 3.96. The Kier molecular flexibility index (Phi) is 5.03. The minimum atomic E-state index is -3.75. The van der Waals surface area contributed by atoms with Gasteiger partial charge in [-0.3, -0.25) is 9.30 Å². The lowest BCUT2D eigenvalue weighted by Gasteiger charge is -2.22. The van der Waals surface area contributed by atoms with Crippen molar-refractivity contribution < 1.29 is 13.6 Å². The number of nitrogens with one attached hydrogen (secondary N) is 1. The molecule has 1 atom stereocenters. The molecule has 2 N–H and O–H groups in total. The van der Waals surface area contributed by atoms with Crippen LogP contribution in [0.2, 0.25) is 0 Å². The third-order valence-corrected chi connectivity index (χ3v) is 5.81. The number of hydrogen-bond acceptors (Lipinski definition) is 5. The molecule has 1 aliphatic heterocycles. The normalized spacial score (nSPS) is 17.0. The Morgan fingerprint density at radius 3 is 2.40 bits per heavy atom. The van der Waals surface area contributed by atoms with Gasteiger partial charge in [-0.25, -0.2) is 4.31 Å². The maximum atomic E-state index is 13.1.